The van der Waals surface area contributed by atoms with Crippen molar-refractivity contribution in [2.24, 2.45) is 0 Å². The van der Waals surface area contributed by atoms with Gasteiger partial charge in [-0.3, -0.25) is 4.79 Å². The minimum atomic E-state index is -0.0790. The number of methoxy groups -OCH3 is 1. The number of aryl methyl sites for hydroxylation is 1. The Kier molecular flexibility index (Phi) is 4.22. The van der Waals surface area contributed by atoms with E-state index in [1.54, 1.807) is 13.2 Å². The molecular weight excluding hydrogens is 242 g/mol. The summed E-state index contributed by atoms with van der Waals surface area (Å²) < 4.78 is 10.6. The van der Waals surface area contributed by atoms with Crippen LogP contribution in [0.5, 0.6) is 0 Å². The largest absolute Gasteiger partial charge is 0.461 e. The third-order valence-electron chi connectivity index (χ3n) is 3.10. The van der Waals surface area contributed by atoms with Gasteiger partial charge in [-0.1, -0.05) is 6.92 Å². The van der Waals surface area contributed by atoms with E-state index in [0.717, 1.165) is 23.2 Å². The second kappa shape index (κ2) is 5.89. The van der Waals surface area contributed by atoms with Crippen molar-refractivity contribution in [2.45, 2.75) is 26.3 Å². The zero-order valence-electron chi connectivity index (χ0n) is 11.5. The topological polar surface area (TPSA) is 51.5 Å². The molecule has 1 atom stereocenters. The maximum Gasteiger partial charge on any atom is 0.251 e. The molecule has 0 saturated heterocycles. The van der Waals surface area contributed by atoms with Gasteiger partial charge < -0.3 is 14.5 Å². The maximum atomic E-state index is 12.1. The molecule has 0 spiro atoms. The number of hydrogen-bond acceptors (Lipinski definition) is 3. The third kappa shape index (κ3) is 3.15. The van der Waals surface area contributed by atoms with E-state index in [-0.39, 0.29) is 11.9 Å². The van der Waals surface area contributed by atoms with Crippen LogP contribution >= 0.6 is 0 Å². The summed E-state index contributed by atoms with van der Waals surface area (Å²) in [7, 11) is 1.63. The van der Waals surface area contributed by atoms with Crippen molar-refractivity contribution >= 4 is 16.9 Å². The molecule has 0 aliphatic rings. The average molecular weight is 261 g/mol. The Hall–Kier alpha value is -1.81. The lowest BCUT2D eigenvalue weighted by molar-refractivity contribution is 0.0895. The van der Waals surface area contributed by atoms with Gasteiger partial charge in [0.15, 0.2) is 0 Å². The minimum absolute atomic E-state index is 0.0410. The van der Waals surface area contributed by atoms with Crippen molar-refractivity contribution in [1.82, 2.24) is 5.32 Å². The molecule has 1 N–H and O–H groups in total. The van der Waals surface area contributed by atoms with E-state index >= 15 is 0 Å². The van der Waals surface area contributed by atoms with Crippen LogP contribution < -0.4 is 5.32 Å². The molecule has 0 bridgehead atoms. The molecule has 0 saturated carbocycles. The van der Waals surface area contributed by atoms with Gasteiger partial charge in [0, 0.05) is 18.1 Å². The summed E-state index contributed by atoms with van der Waals surface area (Å²) in [4.78, 5) is 12.1. The first-order chi connectivity index (χ1) is 9.13. The highest BCUT2D eigenvalue weighted by molar-refractivity contribution is 5.98. The first-order valence-electron chi connectivity index (χ1n) is 6.44. The minimum Gasteiger partial charge on any atom is -0.461 e. The average Bonchev–Trinajstić information content (AvgIpc) is 2.76. The van der Waals surface area contributed by atoms with Gasteiger partial charge in [-0.05, 0) is 37.6 Å². The molecule has 1 aromatic carbocycles. The molecule has 2 rings (SSSR count). The lowest BCUT2D eigenvalue weighted by atomic mass is 10.1. The van der Waals surface area contributed by atoms with E-state index in [9.17, 15) is 4.79 Å². The molecule has 102 valence electrons. The van der Waals surface area contributed by atoms with E-state index in [1.165, 1.54) is 0 Å². The van der Waals surface area contributed by atoms with Crippen LogP contribution in [0, 0.1) is 6.92 Å². The Morgan fingerprint density at radius 1 is 1.42 bits per heavy atom. The molecule has 4 heteroatoms. The Morgan fingerprint density at radius 3 is 2.89 bits per heavy atom. The van der Waals surface area contributed by atoms with Gasteiger partial charge in [0.2, 0.25) is 0 Å². The van der Waals surface area contributed by atoms with Crippen LogP contribution in [0.2, 0.25) is 0 Å². The number of nitrogens with one attached hydrogen (secondary N) is 1. The van der Waals surface area contributed by atoms with Crippen LogP contribution in [-0.4, -0.2) is 25.7 Å². The lowest BCUT2D eigenvalue weighted by Gasteiger charge is -2.15. The van der Waals surface area contributed by atoms with Crippen LogP contribution in [0.25, 0.3) is 11.0 Å². The third-order valence-corrected chi connectivity index (χ3v) is 3.10. The maximum absolute atomic E-state index is 12.1. The Morgan fingerprint density at radius 2 is 2.21 bits per heavy atom. The Labute approximate surface area is 112 Å². The molecule has 0 radical (unpaired) electrons. The van der Waals surface area contributed by atoms with Gasteiger partial charge in [0.05, 0.1) is 12.6 Å². The lowest BCUT2D eigenvalue weighted by Crippen LogP contribution is -2.37. The number of carbonyl (C=O) groups excluding carboxylic acids is 1. The highest BCUT2D eigenvalue weighted by atomic mass is 16.5. The standard InChI is InChI=1S/C15H19NO3/c1-4-13(9-18-3)16-15(17)11-5-6-14-12(8-11)7-10(2)19-14/h5-8,13H,4,9H2,1-3H3,(H,16,17)/t13-/m1/s1. The van der Waals surface area contributed by atoms with E-state index in [0.29, 0.717) is 12.2 Å². The number of benzene rings is 1. The van der Waals surface area contributed by atoms with Crippen LogP contribution in [0.15, 0.2) is 28.7 Å². The predicted molar refractivity (Wildman–Crippen MR) is 74.4 cm³/mol. The summed E-state index contributed by atoms with van der Waals surface area (Å²) in [6, 6.07) is 7.42. The van der Waals surface area contributed by atoms with Crippen molar-refractivity contribution in [3.05, 3.63) is 35.6 Å². The number of amides is 1. The number of fused-ring (bicyclic) bond motifs is 1. The Balaban J connectivity index is 2.16. The molecular formula is C15H19NO3. The summed E-state index contributed by atoms with van der Waals surface area (Å²) in [5, 5.41) is 3.91. The summed E-state index contributed by atoms with van der Waals surface area (Å²) in [6.07, 6.45) is 0.840. The molecule has 0 unspecified atom stereocenters. The smallest absolute Gasteiger partial charge is 0.251 e. The van der Waals surface area contributed by atoms with Crippen molar-refractivity contribution in [1.29, 1.82) is 0 Å². The second-order valence-electron chi connectivity index (χ2n) is 4.64. The van der Waals surface area contributed by atoms with Gasteiger partial charge in [-0.2, -0.15) is 0 Å². The molecule has 0 aliphatic carbocycles. The zero-order valence-corrected chi connectivity index (χ0v) is 11.5. The summed E-state index contributed by atoms with van der Waals surface area (Å²) in [6.45, 7) is 4.44. The fourth-order valence-electron chi connectivity index (χ4n) is 2.05. The van der Waals surface area contributed by atoms with Crippen LogP contribution in [-0.2, 0) is 4.74 Å². The van der Waals surface area contributed by atoms with Crippen LogP contribution in [0.3, 0.4) is 0 Å². The van der Waals surface area contributed by atoms with Gasteiger partial charge in [-0.25, -0.2) is 0 Å². The van der Waals surface area contributed by atoms with E-state index in [2.05, 4.69) is 5.32 Å². The number of hydrogen-bond donors (Lipinski definition) is 1. The van der Waals surface area contributed by atoms with Gasteiger partial charge in [0.1, 0.15) is 11.3 Å². The highest BCUT2D eigenvalue weighted by Gasteiger charge is 2.13. The monoisotopic (exact) mass is 261 g/mol. The molecule has 0 aliphatic heterocycles. The number of ether oxygens (including phenoxy) is 1. The number of carbonyl (C=O) groups is 1. The van der Waals surface area contributed by atoms with E-state index < -0.39 is 0 Å². The normalized spacial score (nSPS) is 12.6. The Bertz CT molecular complexity index is 574. The quantitative estimate of drug-likeness (QED) is 0.900. The van der Waals surface area contributed by atoms with Gasteiger partial charge in [-0.15, -0.1) is 0 Å². The van der Waals surface area contributed by atoms with Crippen molar-refractivity contribution in [3.63, 3.8) is 0 Å². The van der Waals surface area contributed by atoms with Gasteiger partial charge >= 0.3 is 0 Å². The first kappa shape index (κ1) is 13.6. The molecule has 19 heavy (non-hydrogen) atoms. The summed E-state index contributed by atoms with van der Waals surface area (Å²) in [5.41, 5.74) is 1.45. The number of furan rings is 1. The highest BCUT2D eigenvalue weighted by Crippen LogP contribution is 2.20. The zero-order chi connectivity index (χ0) is 13.8. The molecule has 2 aromatic rings. The fraction of sp³-hybridized carbons (Fsp3) is 0.400. The van der Waals surface area contributed by atoms with Crippen molar-refractivity contribution in [2.75, 3.05) is 13.7 Å². The van der Waals surface area contributed by atoms with Crippen molar-refractivity contribution < 1.29 is 13.9 Å². The predicted octanol–water partition coefficient (Wildman–Crippen LogP) is 2.90. The molecule has 0 fully saturated rings. The van der Waals surface area contributed by atoms with Crippen LogP contribution in [0.1, 0.15) is 29.5 Å². The van der Waals surface area contributed by atoms with E-state index in [1.807, 2.05) is 32.0 Å². The van der Waals surface area contributed by atoms with Crippen molar-refractivity contribution in [3.8, 4) is 0 Å². The molecule has 4 nitrogen and oxygen atoms in total. The SMILES string of the molecule is CC[C@H](COC)NC(=O)c1ccc2oc(C)cc2c1. The van der Waals surface area contributed by atoms with Gasteiger partial charge in [0.25, 0.3) is 5.91 Å². The van der Waals surface area contributed by atoms with Crippen LogP contribution in [0.4, 0.5) is 0 Å². The molecule has 1 heterocycles. The summed E-state index contributed by atoms with van der Waals surface area (Å²) >= 11 is 0. The molecule has 1 amide bonds. The first-order valence-corrected chi connectivity index (χ1v) is 6.44. The molecule has 1 aromatic heterocycles. The van der Waals surface area contributed by atoms with E-state index in [4.69, 9.17) is 9.15 Å². The number of rotatable bonds is 5. The fourth-order valence-corrected chi connectivity index (χ4v) is 2.05. The second-order valence-corrected chi connectivity index (χ2v) is 4.64. The summed E-state index contributed by atoms with van der Waals surface area (Å²) in [5.74, 6) is 0.767.